The molecule has 0 bridgehead atoms. The van der Waals surface area contributed by atoms with Crippen LogP contribution in [0.15, 0.2) is 36.4 Å². The molecule has 0 heterocycles. The van der Waals surface area contributed by atoms with Crippen molar-refractivity contribution in [2.75, 3.05) is 20.8 Å². The molecular formula is C19H25NO2. The van der Waals surface area contributed by atoms with Crippen molar-refractivity contribution < 1.29 is 9.47 Å². The van der Waals surface area contributed by atoms with Gasteiger partial charge < -0.3 is 15.2 Å². The van der Waals surface area contributed by atoms with E-state index in [1.165, 1.54) is 16.7 Å². The summed E-state index contributed by atoms with van der Waals surface area (Å²) in [7, 11) is 3.38. The maximum Gasteiger partial charge on any atom is 0.126 e. The van der Waals surface area contributed by atoms with E-state index < -0.39 is 0 Å². The number of nitrogens with two attached hydrogens (primary N) is 1. The van der Waals surface area contributed by atoms with Gasteiger partial charge in [-0.15, -0.1) is 0 Å². The highest BCUT2D eigenvalue weighted by Crippen LogP contribution is 2.36. The molecule has 2 N–H and O–H groups in total. The fourth-order valence-corrected chi connectivity index (χ4v) is 2.72. The summed E-state index contributed by atoms with van der Waals surface area (Å²) in [5, 5.41) is 0. The first kappa shape index (κ1) is 16.4. The van der Waals surface area contributed by atoms with Crippen LogP contribution in [0.2, 0.25) is 0 Å². The van der Waals surface area contributed by atoms with Gasteiger partial charge in [0, 0.05) is 5.56 Å². The third kappa shape index (κ3) is 3.60. The largest absolute Gasteiger partial charge is 0.497 e. The normalized spacial score (nSPS) is 10.5. The summed E-state index contributed by atoms with van der Waals surface area (Å²) in [4.78, 5) is 0. The molecule has 0 aliphatic carbocycles. The molecule has 3 heteroatoms. The van der Waals surface area contributed by atoms with Crippen molar-refractivity contribution in [2.45, 2.75) is 26.2 Å². The van der Waals surface area contributed by atoms with Crippen LogP contribution in [0.4, 0.5) is 0 Å². The zero-order valence-electron chi connectivity index (χ0n) is 13.7. The highest BCUT2D eigenvalue weighted by atomic mass is 16.5. The van der Waals surface area contributed by atoms with Gasteiger partial charge in [0.2, 0.25) is 0 Å². The topological polar surface area (TPSA) is 44.5 Å². The summed E-state index contributed by atoms with van der Waals surface area (Å²) >= 11 is 0. The Morgan fingerprint density at radius 1 is 0.909 bits per heavy atom. The van der Waals surface area contributed by atoms with Crippen molar-refractivity contribution >= 4 is 0 Å². The number of hydrogen-bond acceptors (Lipinski definition) is 3. The van der Waals surface area contributed by atoms with Crippen molar-refractivity contribution in [2.24, 2.45) is 5.73 Å². The molecule has 0 spiro atoms. The lowest BCUT2D eigenvalue weighted by Crippen LogP contribution is -2.05. The monoisotopic (exact) mass is 299 g/mol. The Morgan fingerprint density at radius 3 is 2.36 bits per heavy atom. The summed E-state index contributed by atoms with van der Waals surface area (Å²) in [6.45, 7) is 2.83. The Morgan fingerprint density at radius 2 is 1.73 bits per heavy atom. The van der Waals surface area contributed by atoms with Gasteiger partial charge in [0.1, 0.15) is 11.5 Å². The molecular weight excluding hydrogens is 274 g/mol. The Kier molecular flexibility index (Phi) is 5.84. The summed E-state index contributed by atoms with van der Waals surface area (Å²) < 4.78 is 10.9. The molecule has 0 radical (unpaired) electrons. The molecule has 2 aromatic rings. The molecule has 0 fully saturated rings. The standard InChI is InChI=1S/C19H25NO2/c1-4-5-14-6-7-15(10-11-20)17(12-14)18-13-16(21-2)8-9-19(18)22-3/h6-9,12-13H,4-5,10-11,20H2,1-3H3. The molecule has 0 saturated carbocycles. The maximum atomic E-state index is 5.77. The second kappa shape index (κ2) is 7.85. The van der Waals surface area contributed by atoms with Crippen LogP contribution in [-0.2, 0) is 12.8 Å². The van der Waals surface area contributed by atoms with Crippen LogP contribution in [0, 0.1) is 0 Å². The van der Waals surface area contributed by atoms with Gasteiger partial charge in [-0.1, -0.05) is 31.5 Å². The fraction of sp³-hybridized carbons (Fsp3) is 0.368. The summed E-state index contributed by atoms with van der Waals surface area (Å²) in [6.07, 6.45) is 3.05. The van der Waals surface area contributed by atoms with Gasteiger partial charge in [-0.05, 0) is 54.3 Å². The number of aryl methyl sites for hydroxylation is 1. The van der Waals surface area contributed by atoms with E-state index in [1.807, 2.05) is 18.2 Å². The smallest absolute Gasteiger partial charge is 0.126 e. The molecule has 0 amide bonds. The average molecular weight is 299 g/mol. The van der Waals surface area contributed by atoms with Crippen LogP contribution in [0.3, 0.4) is 0 Å². The molecule has 2 rings (SSSR count). The average Bonchev–Trinajstić information content (AvgIpc) is 2.56. The van der Waals surface area contributed by atoms with Gasteiger partial charge in [-0.2, -0.15) is 0 Å². The van der Waals surface area contributed by atoms with Crippen LogP contribution in [-0.4, -0.2) is 20.8 Å². The molecule has 0 saturated heterocycles. The minimum atomic E-state index is 0.631. The minimum Gasteiger partial charge on any atom is -0.497 e. The van der Waals surface area contributed by atoms with Crippen molar-refractivity contribution in [3.8, 4) is 22.6 Å². The van der Waals surface area contributed by atoms with Crippen LogP contribution < -0.4 is 15.2 Å². The van der Waals surface area contributed by atoms with Crippen LogP contribution >= 0.6 is 0 Å². The summed E-state index contributed by atoms with van der Waals surface area (Å²) in [6, 6.07) is 12.5. The predicted octanol–water partition coefficient (Wildman–Crippen LogP) is 3.82. The fourth-order valence-electron chi connectivity index (χ4n) is 2.72. The van der Waals surface area contributed by atoms with E-state index in [0.717, 1.165) is 36.3 Å². The van der Waals surface area contributed by atoms with Crippen LogP contribution in [0.1, 0.15) is 24.5 Å². The molecule has 0 unspecified atom stereocenters. The highest BCUT2D eigenvalue weighted by Gasteiger charge is 2.12. The molecule has 3 nitrogen and oxygen atoms in total. The van der Waals surface area contributed by atoms with Crippen molar-refractivity contribution in [1.82, 2.24) is 0 Å². The molecule has 22 heavy (non-hydrogen) atoms. The zero-order valence-corrected chi connectivity index (χ0v) is 13.7. The zero-order chi connectivity index (χ0) is 15.9. The van der Waals surface area contributed by atoms with E-state index >= 15 is 0 Å². The van der Waals surface area contributed by atoms with Crippen LogP contribution in [0.5, 0.6) is 11.5 Å². The van der Waals surface area contributed by atoms with Gasteiger partial charge in [0.15, 0.2) is 0 Å². The predicted molar refractivity (Wildman–Crippen MR) is 91.7 cm³/mol. The van der Waals surface area contributed by atoms with Gasteiger partial charge in [0.05, 0.1) is 14.2 Å². The lowest BCUT2D eigenvalue weighted by atomic mass is 9.93. The number of ether oxygens (including phenoxy) is 2. The van der Waals surface area contributed by atoms with E-state index in [1.54, 1.807) is 14.2 Å². The Labute approximate surface area is 133 Å². The SMILES string of the molecule is CCCc1ccc(CCN)c(-c2cc(OC)ccc2OC)c1. The van der Waals surface area contributed by atoms with Crippen molar-refractivity contribution in [3.63, 3.8) is 0 Å². The Bertz CT molecular complexity index is 623. The second-order valence-electron chi connectivity index (χ2n) is 5.35. The molecule has 0 aromatic heterocycles. The van der Waals surface area contributed by atoms with E-state index in [4.69, 9.17) is 15.2 Å². The van der Waals surface area contributed by atoms with E-state index in [9.17, 15) is 0 Å². The van der Waals surface area contributed by atoms with E-state index in [2.05, 4.69) is 25.1 Å². The first-order chi connectivity index (χ1) is 10.7. The molecule has 2 aromatic carbocycles. The van der Waals surface area contributed by atoms with E-state index in [0.29, 0.717) is 6.54 Å². The van der Waals surface area contributed by atoms with Crippen molar-refractivity contribution in [3.05, 3.63) is 47.5 Å². The quantitative estimate of drug-likeness (QED) is 0.845. The summed E-state index contributed by atoms with van der Waals surface area (Å²) in [5.74, 6) is 1.68. The lowest BCUT2D eigenvalue weighted by Gasteiger charge is -2.15. The number of methoxy groups -OCH3 is 2. The van der Waals surface area contributed by atoms with Gasteiger partial charge in [-0.3, -0.25) is 0 Å². The Hall–Kier alpha value is -2.00. The highest BCUT2D eigenvalue weighted by molar-refractivity contribution is 5.75. The number of rotatable bonds is 7. The first-order valence-corrected chi connectivity index (χ1v) is 7.77. The Balaban J connectivity index is 2.59. The van der Waals surface area contributed by atoms with Crippen molar-refractivity contribution in [1.29, 1.82) is 0 Å². The molecule has 118 valence electrons. The van der Waals surface area contributed by atoms with Gasteiger partial charge >= 0.3 is 0 Å². The molecule has 0 aliphatic heterocycles. The second-order valence-corrected chi connectivity index (χ2v) is 5.35. The minimum absolute atomic E-state index is 0.631. The lowest BCUT2D eigenvalue weighted by molar-refractivity contribution is 0.404. The number of benzene rings is 2. The third-order valence-corrected chi connectivity index (χ3v) is 3.82. The maximum absolute atomic E-state index is 5.77. The summed E-state index contributed by atoms with van der Waals surface area (Å²) in [5.41, 5.74) is 10.6. The van der Waals surface area contributed by atoms with Crippen LogP contribution in [0.25, 0.3) is 11.1 Å². The van der Waals surface area contributed by atoms with Gasteiger partial charge in [0.25, 0.3) is 0 Å². The molecule has 0 aliphatic rings. The number of hydrogen-bond donors (Lipinski definition) is 1. The third-order valence-electron chi connectivity index (χ3n) is 3.82. The van der Waals surface area contributed by atoms with E-state index in [-0.39, 0.29) is 0 Å². The van der Waals surface area contributed by atoms with Gasteiger partial charge in [-0.25, -0.2) is 0 Å². The first-order valence-electron chi connectivity index (χ1n) is 7.77. The molecule has 0 atom stereocenters.